The first-order valence-electron chi connectivity index (χ1n) is 10.7. The molecule has 0 atom stereocenters. The molecule has 0 saturated carbocycles. The van der Waals surface area contributed by atoms with Crippen molar-refractivity contribution in [3.8, 4) is 0 Å². The number of aromatic nitrogens is 2. The molecular weight excluding hydrogens is 436 g/mol. The molecule has 10 heteroatoms. The highest BCUT2D eigenvalue weighted by molar-refractivity contribution is 6.04. The number of likely N-dealkylation sites (N-methyl/N-ethyl adjacent to an activating group) is 1. The van der Waals surface area contributed by atoms with E-state index in [9.17, 15) is 9.59 Å². The number of nitrogens with zero attached hydrogens (tertiary/aromatic N) is 3. The van der Waals surface area contributed by atoms with Crippen LogP contribution in [0.25, 0.3) is 0 Å². The molecule has 1 aliphatic rings. The van der Waals surface area contributed by atoms with E-state index in [0.717, 1.165) is 44.0 Å². The zero-order chi connectivity index (χ0) is 22.5. The van der Waals surface area contributed by atoms with Gasteiger partial charge in [0.2, 0.25) is 5.95 Å². The van der Waals surface area contributed by atoms with Crippen molar-refractivity contribution in [2.45, 2.75) is 13.5 Å². The number of rotatable bonds is 6. The molecule has 0 bridgehead atoms. The maximum absolute atomic E-state index is 12.7. The molecule has 2 heterocycles. The number of nitrogens with one attached hydrogen (secondary N) is 3. The number of H-pyrrole nitrogens is 1. The van der Waals surface area contributed by atoms with E-state index in [1.54, 1.807) is 0 Å². The van der Waals surface area contributed by atoms with Gasteiger partial charge in [-0.25, -0.2) is 4.98 Å². The summed E-state index contributed by atoms with van der Waals surface area (Å²) in [6.45, 7) is 7.14. The Hall–Kier alpha value is -3.57. The molecule has 1 fully saturated rings. The van der Waals surface area contributed by atoms with Gasteiger partial charge in [-0.3, -0.25) is 19.5 Å². The van der Waals surface area contributed by atoms with Gasteiger partial charge in [-0.2, -0.15) is 0 Å². The van der Waals surface area contributed by atoms with Crippen molar-refractivity contribution in [2.75, 3.05) is 43.9 Å². The summed E-state index contributed by atoms with van der Waals surface area (Å²) in [5.41, 5.74) is 3.94. The highest BCUT2D eigenvalue weighted by Gasteiger charge is 2.14. The predicted molar refractivity (Wildman–Crippen MR) is 134 cm³/mol. The van der Waals surface area contributed by atoms with E-state index in [0.29, 0.717) is 17.2 Å². The molecule has 3 aromatic rings. The Kier molecular flexibility index (Phi) is 9.46. The minimum absolute atomic E-state index is 0. The quantitative estimate of drug-likeness (QED) is 0.493. The van der Waals surface area contributed by atoms with Gasteiger partial charge < -0.3 is 26.5 Å². The lowest BCUT2D eigenvalue weighted by Crippen LogP contribution is -2.43. The van der Waals surface area contributed by atoms with Crippen molar-refractivity contribution in [3.63, 3.8) is 0 Å². The monoisotopic (exact) mass is 468 g/mol. The lowest BCUT2D eigenvalue weighted by Gasteiger charge is -2.32. The summed E-state index contributed by atoms with van der Waals surface area (Å²) in [6, 6.07) is 14.7. The average Bonchev–Trinajstić information content (AvgIpc) is 2.78. The Labute approximate surface area is 198 Å². The number of hydrogen-bond acceptors (Lipinski definition) is 6. The Morgan fingerprint density at radius 3 is 2.41 bits per heavy atom. The van der Waals surface area contributed by atoms with Crippen LogP contribution in [-0.2, 0) is 6.54 Å². The number of anilines is 3. The van der Waals surface area contributed by atoms with Crippen molar-refractivity contribution in [3.05, 3.63) is 81.8 Å². The number of aromatic amines is 1. The lowest BCUT2D eigenvalue weighted by atomic mass is 10.1. The SMILES string of the molecule is Cc1ccc(NC(=O)c2ccc(CN3CCN(C)CC3)cc2)cc1Nc1nccc(=O)[nH]1.O.O. The van der Waals surface area contributed by atoms with Crippen molar-refractivity contribution in [1.82, 2.24) is 19.8 Å². The maximum Gasteiger partial charge on any atom is 0.255 e. The van der Waals surface area contributed by atoms with Gasteiger partial charge in [-0.1, -0.05) is 18.2 Å². The van der Waals surface area contributed by atoms with Crippen LogP contribution in [-0.4, -0.2) is 69.9 Å². The normalized spacial score (nSPS) is 13.9. The standard InChI is InChI=1S/C24H28N6O2.2H2O/c1-17-3-8-20(15-21(17)27-24-25-10-9-22(31)28-24)26-23(32)19-6-4-18(5-7-19)16-30-13-11-29(2)12-14-30;;/h3-10,15H,11-14,16H2,1-2H3,(H,26,32)(H2,25,27,28,31);2*1H2. The molecule has 182 valence electrons. The van der Waals surface area contributed by atoms with Gasteiger partial charge in [0.25, 0.3) is 11.5 Å². The molecule has 0 aliphatic carbocycles. The molecule has 4 rings (SSSR count). The van der Waals surface area contributed by atoms with Crippen LogP contribution in [0.1, 0.15) is 21.5 Å². The Morgan fingerprint density at radius 2 is 1.74 bits per heavy atom. The third-order valence-corrected chi connectivity index (χ3v) is 5.64. The van der Waals surface area contributed by atoms with Crippen LogP contribution < -0.4 is 16.2 Å². The topological polar surface area (TPSA) is 156 Å². The van der Waals surface area contributed by atoms with Gasteiger partial charge >= 0.3 is 0 Å². The van der Waals surface area contributed by atoms with Crippen LogP contribution in [0.3, 0.4) is 0 Å². The van der Waals surface area contributed by atoms with Crippen molar-refractivity contribution in [1.29, 1.82) is 0 Å². The molecule has 1 amide bonds. The van der Waals surface area contributed by atoms with Crippen molar-refractivity contribution in [2.24, 2.45) is 0 Å². The van der Waals surface area contributed by atoms with Gasteiger partial charge in [0, 0.05) is 61.9 Å². The van der Waals surface area contributed by atoms with Gasteiger partial charge in [0.15, 0.2) is 0 Å². The molecule has 0 unspecified atom stereocenters. The molecule has 2 aromatic carbocycles. The van der Waals surface area contributed by atoms with Gasteiger partial charge in [0.1, 0.15) is 0 Å². The van der Waals surface area contributed by atoms with E-state index >= 15 is 0 Å². The number of benzene rings is 2. The van der Waals surface area contributed by atoms with Crippen molar-refractivity contribution >= 4 is 23.2 Å². The second-order valence-corrected chi connectivity index (χ2v) is 8.17. The number of amides is 1. The second kappa shape index (κ2) is 12.1. The molecular formula is C24H32N6O4. The van der Waals surface area contributed by atoms with Gasteiger partial charge in [-0.05, 0) is 49.4 Å². The number of hydrogen-bond donors (Lipinski definition) is 3. The Morgan fingerprint density at radius 1 is 1.03 bits per heavy atom. The van der Waals surface area contributed by atoms with Crippen LogP contribution in [0, 0.1) is 6.92 Å². The van der Waals surface area contributed by atoms with Crippen LogP contribution in [0.4, 0.5) is 17.3 Å². The highest BCUT2D eigenvalue weighted by atomic mass is 16.1. The van der Waals surface area contributed by atoms with E-state index in [2.05, 4.69) is 37.4 Å². The van der Waals surface area contributed by atoms with Crippen LogP contribution in [0.2, 0.25) is 0 Å². The highest BCUT2D eigenvalue weighted by Crippen LogP contribution is 2.23. The summed E-state index contributed by atoms with van der Waals surface area (Å²) in [7, 11) is 2.15. The predicted octanol–water partition coefficient (Wildman–Crippen LogP) is 1.17. The number of aryl methyl sites for hydroxylation is 1. The molecule has 1 saturated heterocycles. The van der Waals surface area contributed by atoms with E-state index in [-0.39, 0.29) is 22.4 Å². The smallest absolute Gasteiger partial charge is 0.255 e. The van der Waals surface area contributed by atoms with Crippen LogP contribution in [0.15, 0.2) is 59.5 Å². The zero-order valence-corrected chi connectivity index (χ0v) is 19.4. The molecule has 1 aliphatic heterocycles. The third-order valence-electron chi connectivity index (χ3n) is 5.64. The fourth-order valence-electron chi connectivity index (χ4n) is 3.62. The molecule has 7 N–H and O–H groups in total. The average molecular weight is 469 g/mol. The molecule has 0 spiro atoms. The molecule has 0 radical (unpaired) electrons. The molecule has 10 nitrogen and oxygen atoms in total. The first kappa shape index (κ1) is 26.7. The minimum Gasteiger partial charge on any atom is -0.412 e. The Balaban J connectivity index is 0.00000204. The number of carbonyl (C=O) groups is 1. The van der Waals surface area contributed by atoms with E-state index in [4.69, 9.17) is 0 Å². The second-order valence-electron chi connectivity index (χ2n) is 8.17. The largest absolute Gasteiger partial charge is 0.412 e. The van der Waals surface area contributed by atoms with Gasteiger partial charge in [0.05, 0.1) is 0 Å². The van der Waals surface area contributed by atoms with E-state index in [1.165, 1.54) is 17.8 Å². The summed E-state index contributed by atoms with van der Waals surface area (Å²) >= 11 is 0. The third kappa shape index (κ3) is 6.96. The minimum atomic E-state index is -0.235. The van der Waals surface area contributed by atoms with Gasteiger partial charge in [-0.15, -0.1) is 0 Å². The van der Waals surface area contributed by atoms with Crippen molar-refractivity contribution < 1.29 is 15.7 Å². The molecule has 34 heavy (non-hydrogen) atoms. The summed E-state index contributed by atoms with van der Waals surface area (Å²) in [5.74, 6) is 0.178. The zero-order valence-electron chi connectivity index (χ0n) is 19.4. The first-order chi connectivity index (χ1) is 15.5. The fraction of sp³-hybridized carbons (Fsp3) is 0.292. The fourth-order valence-corrected chi connectivity index (χ4v) is 3.62. The number of piperazine rings is 1. The van der Waals surface area contributed by atoms with E-state index in [1.807, 2.05) is 49.4 Å². The lowest BCUT2D eigenvalue weighted by molar-refractivity contribution is 0.102. The summed E-state index contributed by atoms with van der Waals surface area (Å²) in [5, 5.41) is 6.03. The summed E-state index contributed by atoms with van der Waals surface area (Å²) in [4.78, 5) is 35.7. The maximum atomic E-state index is 12.7. The molecule has 1 aromatic heterocycles. The Bertz CT molecular complexity index is 1140. The summed E-state index contributed by atoms with van der Waals surface area (Å²) < 4.78 is 0. The van der Waals surface area contributed by atoms with Crippen LogP contribution >= 0.6 is 0 Å². The van der Waals surface area contributed by atoms with E-state index < -0.39 is 0 Å². The first-order valence-corrected chi connectivity index (χ1v) is 10.7. The number of carbonyl (C=O) groups excluding carboxylic acids is 1. The summed E-state index contributed by atoms with van der Waals surface area (Å²) in [6.07, 6.45) is 1.44. The van der Waals surface area contributed by atoms with Crippen LogP contribution in [0.5, 0.6) is 0 Å².